The summed E-state index contributed by atoms with van der Waals surface area (Å²) in [4.78, 5) is 16.4. The summed E-state index contributed by atoms with van der Waals surface area (Å²) in [6, 6.07) is 4.58. The van der Waals surface area contributed by atoms with E-state index in [1.807, 2.05) is 10.8 Å². The van der Waals surface area contributed by atoms with Gasteiger partial charge in [0.05, 0.1) is 11.2 Å². The molecule has 0 aliphatic heterocycles. The fourth-order valence-corrected chi connectivity index (χ4v) is 3.49. The first kappa shape index (κ1) is 19.1. The van der Waals surface area contributed by atoms with E-state index in [1.54, 1.807) is 32.4 Å². The maximum Gasteiger partial charge on any atom is 0.251 e. The number of imidazole rings is 1. The first-order valence-corrected chi connectivity index (χ1v) is 9.76. The van der Waals surface area contributed by atoms with Crippen LogP contribution < -0.4 is 10.0 Å². The zero-order valence-electron chi connectivity index (χ0n) is 14.5. The molecule has 2 aromatic rings. The number of sulfonamides is 1. The van der Waals surface area contributed by atoms with Gasteiger partial charge >= 0.3 is 0 Å². The Labute approximate surface area is 148 Å². The van der Waals surface area contributed by atoms with E-state index in [-0.39, 0.29) is 10.8 Å². The lowest BCUT2D eigenvalue weighted by molar-refractivity contribution is 0.0952. The Morgan fingerprint density at radius 3 is 2.76 bits per heavy atom. The summed E-state index contributed by atoms with van der Waals surface area (Å²) in [6.45, 7) is 5.19. The van der Waals surface area contributed by atoms with Gasteiger partial charge in [0.1, 0.15) is 0 Å². The van der Waals surface area contributed by atoms with Gasteiger partial charge in [0.25, 0.3) is 5.91 Å². The summed E-state index contributed by atoms with van der Waals surface area (Å²) in [6.07, 6.45) is 7.15. The van der Waals surface area contributed by atoms with Crippen LogP contribution in [0.4, 0.5) is 0 Å². The van der Waals surface area contributed by atoms with E-state index in [0.29, 0.717) is 18.7 Å². The van der Waals surface area contributed by atoms with Crippen LogP contribution in [0.2, 0.25) is 0 Å². The molecule has 0 radical (unpaired) electrons. The summed E-state index contributed by atoms with van der Waals surface area (Å²) in [5.74, 6) is -0.256. The van der Waals surface area contributed by atoms with Crippen LogP contribution in [0.15, 0.2) is 41.8 Å². The average Bonchev–Trinajstić information content (AvgIpc) is 3.08. The Kier molecular flexibility index (Phi) is 6.72. The summed E-state index contributed by atoms with van der Waals surface area (Å²) in [5.41, 5.74) is 1.12. The van der Waals surface area contributed by atoms with Crippen LogP contribution in [-0.2, 0) is 16.6 Å². The van der Waals surface area contributed by atoms with Crippen molar-refractivity contribution >= 4 is 15.9 Å². The first-order valence-electron chi connectivity index (χ1n) is 8.28. The van der Waals surface area contributed by atoms with E-state index >= 15 is 0 Å². The number of hydrogen-bond acceptors (Lipinski definition) is 4. The van der Waals surface area contributed by atoms with Crippen LogP contribution in [0.1, 0.15) is 35.7 Å². The van der Waals surface area contributed by atoms with Gasteiger partial charge in [0.2, 0.25) is 10.0 Å². The summed E-state index contributed by atoms with van der Waals surface area (Å²) in [5, 5.41) is 2.85. The van der Waals surface area contributed by atoms with Gasteiger partial charge in [-0.15, -0.1) is 0 Å². The molecule has 1 aromatic heterocycles. The Morgan fingerprint density at radius 2 is 2.08 bits per heavy atom. The summed E-state index contributed by atoms with van der Waals surface area (Å²) >= 11 is 0. The number of aryl methyl sites for hydroxylation is 2. The van der Waals surface area contributed by atoms with E-state index in [2.05, 4.69) is 15.0 Å². The van der Waals surface area contributed by atoms with Gasteiger partial charge in [-0.1, -0.05) is 13.0 Å². The molecule has 0 aliphatic rings. The van der Waals surface area contributed by atoms with Gasteiger partial charge in [-0.05, 0) is 37.5 Å². The van der Waals surface area contributed by atoms with E-state index in [1.165, 1.54) is 12.1 Å². The highest BCUT2D eigenvalue weighted by atomic mass is 32.2. The Balaban J connectivity index is 1.92. The van der Waals surface area contributed by atoms with Crippen molar-refractivity contribution in [2.45, 2.75) is 38.1 Å². The fraction of sp³-hybridized carbons (Fsp3) is 0.412. The van der Waals surface area contributed by atoms with Crippen LogP contribution in [0.5, 0.6) is 0 Å². The third-order valence-corrected chi connectivity index (χ3v) is 5.33. The fourth-order valence-electron chi connectivity index (χ4n) is 2.42. The maximum absolute atomic E-state index is 12.4. The Bertz CT molecular complexity index is 801. The molecule has 7 nitrogen and oxygen atoms in total. The topological polar surface area (TPSA) is 93.1 Å². The SMILES string of the molecule is CCNS(=O)(=O)c1ccc(C)c(C(=O)NCCCCn2ccnc2)c1. The lowest BCUT2D eigenvalue weighted by Crippen LogP contribution is -2.27. The van der Waals surface area contributed by atoms with Crippen molar-refractivity contribution in [1.29, 1.82) is 0 Å². The highest BCUT2D eigenvalue weighted by Gasteiger charge is 2.17. The lowest BCUT2D eigenvalue weighted by atomic mass is 10.1. The number of carbonyl (C=O) groups is 1. The Morgan fingerprint density at radius 1 is 1.28 bits per heavy atom. The zero-order chi connectivity index (χ0) is 18.3. The minimum atomic E-state index is -3.58. The number of nitrogens with zero attached hydrogens (tertiary/aromatic N) is 2. The molecule has 0 fully saturated rings. The summed E-state index contributed by atoms with van der Waals surface area (Å²) in [7, 11) is -3.58. The quantitative estimate of drug-likeness (QED) is 0.662. The second-order valence-electron chi connectivity index (χ2n) is 5.74. The van der Waals surface area contributed by atoms with Crippen molar-refractivity contribution in [3.05, 3.63) is 48.0 Å². The minimum Gasteiger partial charge on any atom is -0.352 e. The van der Waals surface area contributed by atoms with Crippen LogP contribution in [0.3, 0.4) is 0 Å². The molecule has 1 aromatic carbocycles. The van der Waals surface area contributed by atoms with Gasteiger partial charge in [0, 0.05) is 37.6 Å². The van der Waals surface area contributed by atoms with Crippen molar-refractivity contribution in [2.75, 3.05) is 13.1 Å². The normalized spacial score (nSPS) is 11.4. The van der Waals surface area contributed by atoms with Gasteiger partial charge < -0.3 is 9.88 Å². The molecule has 0 spiro atoms. The minimum absolute atomic E-state index is 0.102. The predicted octanol–water partition coefficient (Wildman–Crippen LogP) is 1.70. The number of hydrogen-bond donors (Lipinski definition) is 2. The summed E-state index contributed by atoms with van der Waals surface area (Å²) < 4.78 is 28.6. The molecule has 0 aliphatic carbocycles. The second kappa shape index (κ2) is 8.77. The predicted molar refractivity (Wildman–Crippen MR) is 95.8 cm³/mol. The molecule has 0 atom stereocenters. The van der Waals surface area contributed by atoms with E-state index in [0.717, 1.165) is 24.9 Å². The number of rotatable bonds is 9. The molecule has 1 heterocycles. The smallest absolute Gasteiger partial charge is 0.251 e. The van der Waals surface area contributed by atoms with Gasteiger partial charge in [-0.3, -0.25) is 4.79 Å². The zero-order valence-corrected chi connectivity index (χ0v) is 15.3. The molecule has 0 unspecified atom stereocenters. The largest absolute Gasteiger partial charge is 0.352 e. The van der Waals surface area contributed by atoms with E-state index in [9.17, 15) is 13.2 Å². The monoisotopic (exact) mass is 364 g/mol. The molecule has 2 rings (SSSR count). The van der Waals surface area contributed by atoms with Gasteiger partial charge in [-0.25, -0.2) is 18.1 Å². The van der Waals surface area contributed by atoms with Gasteiger partial charge in [-0.2, -0.15) is 0 Å². The number of aromatic nitrogens is 2. The number of carbonyl (C=O) groups excluding carboxylic acids is 1. The van der Waals surface area contributed by atoms with Crippen LogP contribution >= 0.6 is 0 Å². The highest BCUT2D eigenvalue weighted by molar-refractivity contribution is 7.89. The third kappa shape index (κ3) is 5.40. The van der Waals surface area contributed by atoms with Crippen LogP contribution in [-0.4, -0.2) is 37.0 Å². The molecular weight excluding hydrogens is 340 g/mol. The lowest BCUT2D eigenvalue weighted by Gasteiger charge is -2.11. The highest BCUT2D eigenvalue weighted by Crippen LogP contribution is 2.15. The number of benzene rings is 1. The first-order chi connectivity index (χ1) is 11.9. The van der Waals surface area contributed by atoms with E-state index < -0.39 is 10.0 Å². The van der Waals surface area contributed by atoms with Crippen LogP contribution in [0.25, 0.3) is 0 Å². The van der Waals surface area contributed by atoms with Gasteiger partial charge in [0.15, 0.2) is 0 Å². The standard InChI is InChI=1S/C17H24N4O3S/c1-3-20-25(23,24)15-7-6-14(2)16(12-15)17(22)19-8-4-5-10-21-11-9-18-13-21/h6-7,9,11-13,20H,3-5,8,10H2,1-2H3,(H,19,22). The molecule has 0 saturated carbocycles. The second-order valence-corrected chi connectivity index (χ2v) is 7.51. The molecule has 25 heavy (non-hydrogen) atoms. The van der Waals surface area contributed by atoms with Crippen molar-refractivity contribution in [1.82, 2.24) is 19.6 Å². The molecule has 0 saturated heterocycles. The maximum atomic E-state index is 12.4. The molecule has 1 amide bonds. The number of unbranched alkanes of at least 4 members (excludes halogenated alkanes) is 1. The average molecular weight is 364 g/mol. The molecule has 2 N–H and O–H groups in total. The Hall–Kier alpha value is -2.19. The molecule has 0 bridgehead atoms. The van der Waals surface area contributed by atoms with Crippen LogP contribution in [0, 0.1) is 6.92 Å². The van der Waals surface area contributed by atoms with Crippen molar-refractivity contribution in [3.63, 3.8) is 0 Å². The van der Waals surface area contributed by atoms with E-state index in [4.69, 9.17) is 0 Å². The van der Waals surface area contributed by atoms with Crippen molar-refractivity contribution < 1.29 is 13.2 Å². The molecule has 136 valence electrons. The van der Waals surface area contributed by atoms with Crippen molar-refractivity contribution in [2.24, 2.45) is 0 Å². The molecule has 8 heteroatoms. The number of nitrogens with one attached hydrogen (secondary N) is 2. The van der Waals surface area contributed by atoms with Crippen molar-refractivity contribution in [3.8, 4) is 0 Å². The number of amides is 1. The molecular formula is C17H24N4O3S. The third-order valence-electron chi connectivity index (χ3n) is 3.79.